The molecule has 8 atom stereocenters. The Morgan fingerprint density at radius 1 is 1.35 bits per heavy atom. The van der Waals surface area contributed by atoms with Crippen LogP contribution in [0.3, 0.4) is 0 Å². The Morgan fingerprint density at radius 2 is 2.00 bits per heavy atom. The third-order valence-corrected chi connectivity index (χ3v) is 6.55. The summed E-state index contributed by atoms with van der Waals surface area (Å²) >= 11 is 0. The summed E-state index contributed by atoms with van der Waals surface area (Å²) in [6.07, 6.45) is -2.78. The van der Waals surface area contributed by atoms with Crippen LogP contribution in [0.25, 0.3) is 0 Å². The quantitative estimate of drug-likeness (QED) is 0.481. The molecule has 1 heterocycles. The molecule has 3 rings (SSSR count). The fourth-order valence-corrected chi connectivity index (χ4v) is 4.66. The van der Waals surface area contributed by atoms with Crippen LogP contribution in [0.1, 0.15) is 33.6 Å². The number of aliphatic hydroxyl groups is 3. The highest BCUT2D eigenvalue weighted by atomic mass is 16.6. The summed E-state index contributed by atoms with van der Waals surface area (Å²) in [4.78, 5) is 24.0. The van der Waals surface area contributed by atoms with Crippen molar-refractivity contribution >= 4 is 11.9 Å². The summed E-state index contributed by atoms with van der Waals surface area (Å²) < 4.78 is 10.8. The van der Waals surface area contributed by atoms with Gasteiger partial charge < -0.3 is 24.8 Å². The molecule has 26 heavy (non-hydrogen) atoms. The third-order valence-electron chi connectivity index (χ3n) is 6.55. The van der Waals surface area contributed by atoms with Crippen LogP contribution >= 0.6 is 0 Å². The van der Waals surface area contributed by atoms with Crippen molar-refractivity contribution in [2.24, 2.45) is 17.3 Å². The van der Waals surface area contributed by atoms with E-state index in [1.54, 1.807) is 26.8 Å². The molecular formula is C19H26O7. The molecule has 0 amide bonds. The van der Waals surface area contributed by atoms with Gasteiger partial charge in [0.25, 0.3) is 0 Å². The van der Waals surface area contributed by atoms with E-state index in [9.17, 15) is 24.9 Å². The SMILES string of the molecule is C=C1C(=O)O[C@@H]2[C@@H]1[C@@H](O)[C@]1(C)[C@H](O)C[C@H](OC(=O)/C(C)=C\C)[C@H]1C[C@H]2O. The zero-order valence-corrected chi connectivity index (χ0v) is 15.2. The highest BCUT2D eigenvalue weighted by molar-refractivity contribution is 5.91. The van der Waals surface area contributed by atoms with Crippen LogP contribution in [0.15, 0.2) is 23.8 Å². The van der Waals surface area contributed by atoms with Crippen molar-refractivity contribution in [3.05, 3.63) is 23.8 Å². The minimum absolute atomic E-state index is 0.0980. The second kappa shape index (κ2) is 6.48. The van der Waals surface area contributed by atoms with Crippen LogP contribution in [0, 0.1) is 17.3 Å². The first-order chi connectivity index (χ1) is 12.1. The molecule has 0 radical (unpaired) electrons. The highest BCUT2D eigenvalue weighted by Gasteiger charge is 2.64. The fourth-order valence-electron chi connectivity index (χ4n) is 4.66. The molecule has 3 aliphatic rings. The van der Waals surface area contributed by atoms with Gasteiger partial charge in [-0.2, -0.15) is 0 Å². The van der Waals surface area contributed by atoms with Gasteiger partial charge in [-0.15, -0.1) is 0 Å². The number of esters is 2. The van der Waals surface area contributed by atoms with E-state index in [1.165, 1.54) is 0 Å². The summed E-state index contributed by atoms with van der Waals surface area (Å²) in [6, 6.07) is 0. The minimum atomic E-state index is -1.16. The van der Waals surface area contributed by atoms with Crippen molar-refractivity contribution in [2.45, 2.75) is 64.1 Å². The van der Waals surface area contributed by atoms with E-state index in [1.807, 2.05) is 0 Å². The van der Waals surface area contributed by atoms with Gasteiger partial charge in [0.15, 0.2) is 0 Å². The van der Waals surface area contributed by atoms with Crippen LogP contribution in [0.4, 0.5) is 0 Å². The van der Waals surface area contributed by atoms with E-state index in [4.69, 9.17) is 9.47 Å². The molecule has 2 saturated carbocycles. The second-order valence-corrected chi connectivity index (χ2v) is 7.81. The largest absolute Gasteiger partial charge is 0.459 e. The molecule has 0 spiro atoms. The molecule has 0 unspecified atom stereocenters. The molecule has 7 nitrogen and oxygen atoms in total. The molecule has 0 aromatic rings. The maximum Gasteiger partial charge on any atom is 0.334 e. The smallest absolute Gasteiger partial charge is 0.334 e. The number of allylic oxidation sites excluding steroid dienone is 1. The van der Waals surface area contributed by atoms with E-state index in [2.05, 4.69) is 6.58 Å². The van der Waals surface area contributed by atoms with Crippen molar-refractivity contribution in [1.82, 2.24) is 0 Å². The maximum absolute atomic E-state index is 12.2. The van der Waals surface area contributed by atoms with E-state index < -0.39 is 59.7 Å². The Morgan fingerprint density at radius 3 is 2.62 bits per heavy atom. The first-order valence-corrected chi connectivity index (χ1v) is 8.90. The fraction of sp³-hybridized carbons (Fsp3) is 0.684. The predicted molar refractivity (Wildman–Crippen MR) is 90.7 cm³/mol. The van der Waals surface area contributed by atoms with Gasteiger partial charge >= 0.3 is 11.9 Å². The van der Waals surface area contributed by atoms with E-state index in [0.29, 0.717) is 5.57 Å². The predicted octanol–water partition coefficient (Wildman–Crippen LogP) is 0.475. The van der Waals surface area contributed by atoms with Gasteiger partial charge in [0.2, 0.25) is 0 Å². The maximum atomic E-state index is 12.2. The summed E-state index contributed by atoms with van der Waals surface area (Å²) in [5, 5.41) is 32.4. The van der Waals surface area contributed by atoms with Crippen LogP contribution in [-0.2, 0) is 19.1 Å². The van der Waals surface area contributed by atoms with E-state index in [0.717, 1.165) is 0 Å². The molecule has 0 bridgehead atoms. The average Bonchev–Trinajstić information content (AvgIpc) is 2.99. The Bertz CT molecular complexity index is 669. The van der Waals surface area contributed by atoms with Crippen molar-refractivity contribution in [2.75, 3.05) is 0 Å². The van der Waals surface area contributed by atoms with Gasteiger partial charge in [-0.05, 0) is 20.3 Å². The van der Waals surface area contributed by atoms with Gasteiger partial charge in [-0.25, -0.2) is 9.59 Å². The lowest BCUT2D eigenvalue weighted by atomic mass is 9.69. The van der Waals surface area contributed by atoms with Crippen molar-refractivity contribution in [1.29, 1.82) is 0 Å². The molecule has 1 aliphatic heterocycles. The van der Waals surface area contributed by atoms with Gasteiger partial charge in [0.1, 0.15) is 12.2 Å². The van der Waals surface area contributed by atoms with Crippen molar-refractivity contribution in [3.8, 4) is 0 Å². The minimum Gasteiger partial charge on any atom is -0.459 e. The van der Waals surface area contributed by atoms with Crippen LogP contribution in [0.2, 0.25) is 0 Å². The lowest BCUT2D eigenvalue weighted by Gasteiger charge is -2.39. The van der Waals surface area contributed by atoms with Gasteiger partial charge in [-0.1, -0.05) is 19.6 Å². The lowest BCUT2D eigenvalue weighted by molar-refractivity contribution is -0.149. The molecule has 3 N–H and O–H groups in total. The number of hydrogen-bond acceptors (Lipinski definition) is 7. The normalized spacial score (nSPS) is 45.6. The number of carbonyl (C=O) groups excluding carboxylic acids is 2. The van der Waals surface area contributed by atoms with E-state index >= 15 is 0 Å². The molecule has 2 aliphatic carbocycles. The molecule has 0 aromatic heterocycles. The zero-order valence-electron chi connectivity index (χ0n) is 15.2. The van der Waals surface area contributed by atoms with Gasteiger partial charge in [0.05, 0.1) is 24.2 Å². The molecule has 0 aromatic carbocycles. The first-order valence-electron chi connectivity index (χ1n) is 8.90. The third kappa shape index (κ3) is 2.61. The summed E-state index contributed by atoms with van der Waals surface area (Å²) in [7, 11) is 0. The van der Waals surface area contributed by atoms with Gasteiger partial charge in [-0.3, -0.25) is 0 Å². The Hall–Kier alpha value is -1.70. The summed E-state index contributed by atoms with van der Waals surface area (Å²) in [5.41, 5.74) is -0.519. The standard InChI is InChI=1S/C19H26O7/c1-5-8(2)17(23)25-12-7-13(21)19(4)10(12)6-11(20)15-14(16(19)22)9(3)18(24)26-15/h5,10-16,20-22H,3,6-7H2,1-2,4H3/b8-5-/t10-,11-,12+,13-,14-,15+,16-,19+/m1/s1. The number of ether oxygens (including phenoxy) is 2. The molecule has 1 saturated heterocycles. The lowest BCUT2D eigenvalue weighted by Crippen LogP contribution is -2.48. The number of rotatable bonds is 2. The highest BCUT2D eigenvalue weighted by Crippen LogP contribution is 2.56. The second-order valence-electron chi connectivity index (χ2n) is 7.81. The van der Waals surface area contributed by atoms with Crippen LogP contribution < -0.4 is 0 Å². The van der Waals surface area contributed by atoms with Crippen molar-refractivity contribution < 1.29 is 34.4 Å². The number of hydrogen-bond donors (Lipinski definition) is 3. The number of aliphatic hydroxyl groups excluding tert-OH is 3. The summed E-state index contributed by atoms with van der Waals surface area (Å²) in [5.74, 6) is -2.40. The number of fused-ring (bicyclic) bond motifs is 2. The van der Waals surface area contributed by atoms with Crippen molar-refractivity contribution in [3.63, 3.8) is 0 Å². The van der Waals surface area contributed by atoms with Gasteiger partial charge in [0, 0.05) is 28.9 Å². The van der Waals surface area contributed by atoms with Crippen LogP contribution in [-0.4, -0.2) is 57.8 Å². The Balaban J connectivity index is 1.95. The van der Waals surface area contributed by atoms with Crippen LogP contribution in [0.5, 0.6) is 0 Å². The topological polar surface area (TPSA) is 113 Å². The summed E-state index contributed by atoms with van der Waals surface area (Å²) in [6.45, 7) is 8.76. The molecule has 144 valence electrons. The Labute approximate surface area is 152 Å². The molecule has 3 fully saturated rings. The number of carbonyl (C=O) groups is 2. The monoisotopic (exact) mass is 366 g/mol. The molecular weight excluding hydrogens is 340 g/mol. The first kappa shape index (κ1) is 19.1. The zero-order chi connectivity index (χ0) is 19.4. The Kier molecular flexibility index (Phi) is 4.75. The van der Waals surface area contributed by atoms with E-state index in [-0.39, 0.29) is 18.4 Å². The molecule has 7 heteroatoms. The average molecular weight is 366 g/mol.